The standard InChI is InChI=1S/C45H44N2/c1-29-25-35(47-40-23-19-33(44(3,4)5)27-37(40)38-28-34(45(6,7)8)20-24-41(38)47)26-30(2)42(29)36-21-22-39(31-15-11-9-12-16-31)46-43(36)32-17-13-10-14-18-32/h9-28H,1-8H3. The molecule has 0 fully saturated rings. The fourth-order valence-corrected chi connectivity index (χ4v) is 6.98. The molecule has 0 N–H and O–H groups in total. The number of aromatic nitrogens is 2. The van der Waals surface area contributed by atoms with Crippen LogP contribution in [0.5, 0.6) is 0 Å². The number of aryl methyl sites for hydroxylation is 2. The first-order chi connectivity index (χ1) is 22.4. The molecule has 7 aromatic rings. The molecule has 7 rings (SSSR count). The fraction of sp³-hybridized carbons (Fsp3) is 0.222. The molecule has 0 spiro atoms. The highest BCUT2D eigenvalue weighted by Crippen LogP contribution is 2.41. The maximum atomic E-state index is 5.28. The lowest BCUT2D eigenvalue weighted by atomic mass is 9.85. The Morgan fingerprint density at radius 1 is 0.511 bits per heavy atom. The molecule has 0 radical (unpaired) electrons. The first-order valence-corrected chi connectivity index (χ1v) is 16.7. The first kappa shape index (κ1) is 30.7. The minimum absolute atomic E-state index is 0.0691. The van der Waals surface area contributed by atoms with E-state index < -0.39 is 0 Å². The average Bonchev–Trinajstić information content (AvgIpc) is 3.38. The predicted molar refractivity (Wildman–Crippen MR) is 202 cm³/mol. The van der Waals surface area contributed by atoms with Gasteiger partial charge in [0, 0.05) is 33.2 Å². The number of fused-ring (bicyclic) bond motifs is 3. The average molecular weight is 613 g/mol. The van der Waals surface area contributed by atoms with Crippen molar-refractivity contribution in [3.63, 3.8) is 0 Å². The van der Waals surface area contributed by atoms with Crippen molar-refractivity contribution < 1.29 is 0 Å². The summed E-state index contributed by atoms with van der Waals surface area (Å²) in [5.74, 6) is 0. The first-order valence-electron chi connectivity index (χ1n) is 16.7. The van der Waals surface area contributed by atoms with E-state index in [1.807, 2.05) is 0 Å². The summed E-state index contributed by atoms with van der Waals surface area (Å²) in [4.78, 5) is 5.28. The minimum atomic E-state index is 0.0691. The Bertz CT molecular complexity index is 2160. The molecule has 2 heterocycles. The van der Waals surface area contributed by atoms with Crippen molar-refractivity contribution in [3.05, 3.63) is 144 Å². The molecule has 0 unspecified atom stereocenters. The Kier molecular flexibility index (Phi) is 7.43. The van der Waals surface area contributed by atoms with Crippen LogP contribution in [-0.4, -0.2) is 9.55 Å². The highest BCUT2D eigenvalue weighted by atomic mass is 15.0. The van der Waals surface area contributed by atoms with Crippen molar-refractivity contribution in [3.8, 4) is 39.3 Å². The summed E-state index contributed by atoms with van der Waals surface area (Å²) in [6.45, 7) is 18.3. The van der Waals surface area contributed by atoms with E-state index in [4.69, 9.17) is 4.98 Å². The van der Waals surface area contributed by atoms with E-state index in [0.29, 0.717) is 0 Å². The normalized spacial score (nSPS) is 12.3. The molecule has 0 bridgehead atoms. The molecule has 0 aliphatic carbocycles. The van der Waals surface area contributed by atoms with Crippen molar-refractivity contribution >= 4 is 21.8 Å². The smallest absolute Gasteiger partial charge is 0.0788 e. The van der Waals surface area contributed by atoms with E-state index in [1.54, 1.807) is 0 Å². The van der Waals surface area contributed by atoms with Gasteiger partial charge in [-0.3, -0.25) is 0 Å². The van der Waals surface area contributed by atoms with Crippen LogP contribution in [0.2, 0.25) is 0 Å². The number of rotatable bonds is 4. The van der Waals surface area contributed by atoms with Gasteiger partial charge in [0.05, 0.1) is 22.4 Å². The zero-order chi connectivity index (χ0) is 33.1. The molecule has 234 valence electrons. The Hall–Kier alpha value is -4.95. The lowest BCUT2D eigenvalue weighted by Gasteiger charge is -2.20. The molecule has 2 aromatic heterocycles. The summed E-state index contributed by atoms with van der Waals surface area (Å²) in [5.41, 5.74) is 15.6. The molecule has 0 atom stereocenters. The van der Waals surface area contributed by atoms with Crippen molar-refractivity contribution in [2.24, 2.45) is 0 Å². The number of hydrogen-bond acceptors (Lipinski definition) is 1. The molecule has 0 saturated carbocycles. The zero-order valence-electron chi connectivity index (χ0n) is 28.9. The third kappa shape index (κ3) is 5.57. The summed E-state index contributed by atoms with van der Waals surface area (Å²) < 4.78 is 2.46. The Morgan fingerprint density at radius 3 is 1.49 bits per heavy atom. The molecule has 47 heavy (non-hydrogen) atoms. The Balaban J connectivity index is 1.44. The van der Waals surface area contributed by atoms with Crippen LogP contribution in [0.1, 0.15) is 63.8 Å². The van der Waals surface area contributed by atoms with Crippen LogP contribution in [0.4, 0.5) is 0 Å². The second kappa shape index (κ2) is 11.4. The van der Waals surface area contributed by atoms with Gasteiger partial charge < -0.3 is 4.57 Å². The van der Waals surface area contributed by atoms with Crippen molar-refractivity contribution in [1.29, 1.82) is 0 Å². The van der Waals surface area contributed by atoms with E-state index in [9.17, 15) is 0 Å². The van der Waals surface area contributed by atoms with Crippen LogP contribution in [0, 0.1) is 13.8 Å². The third-order valence-electron chi connectivity index (χ3n) is 9.55. The molecule has 0 aliphatic rings. The van der Waals surface area contributed by atoms with Crippen LogP contribution in [0.3, 0.4) is 0 Å². The number of benzene rings is 5. The van der Waals surface area contributed by atoms with Gasteiger partial charge in [-0.1, -0.05) is 120 Å². The van der Waals surface area contributed by atoms with Gasteiger partial charge in [0.15, 0.2) is 0 Å². The Labute approximate surface area is 279 Å². The second-order valence-electron chi connectivity index (χ2n) is 15.1. The topological polar surface area (TPSA) is 17.8 Å². The zero-order valence-corrected chi connectivity index (χ0v) is 28.9. The van der Waals surface area contributed by atoms with Crippen LogP contribution < -0.4 is 0 Å². The van der Waals surface area contributed by atoms with Crippen LogP contribution >= 0.6 is 0 Å². The van der Waals surface area contributed by atoms with Gasteiger partial charge in [0.2, 0.25) is 0 Å². The van der Waals surface area contributed by atoms with Gasteiger partial charge in [-0.15, -0.1) is 0 Å². The maximum absolute atomic E-state index is 5.28. The SMILES string of the molecule is Cc1cc(-n2c3ccc(C(C)(C)C)cc3c3cc(C(C)(C)C)ccc32)cc(C)c1-c1ccc(-c2ccccc2)nc1-c1ccccc1. The summed E-state index contributed by atoms with van der Waals surface area (Å²) in [5, 5.41) is 2.62. The number of pyridine rings is 1. The summed E-state index contributed by atoms with van der Waals surface area (Å²) in [6.07, 6.45) is 0. The van der Waals surface area contributed by atoms with E-state index >= 15 is 0 Å². The molecule has 2 nitrogen and oxygen atoms in total. The van der Waals surface area contributed by atoms with Crippen molar-refractivity contribution in [1.82, 2.24) is 9.55 Å². The van der Waals surface area contributed by atoms with Crippen molar-refractivity contribution in [2.45, 2.75) is 66.2 Å². The van der Waals surface area contributed by atoms with Gasteiger partial charge in [0.25, 0.3) is 0 Å². The lowest BCUT2D eigenvalue weighted by molar-refractivity contribution is 0.590. The van der Waals surface area contributed by atoms with Gasteiger partial charge in [-0.05, 0) is 95.0 Å². The Morgan fingerprint density at radius 2 is 1.00 bits per heavy atom. The van der Waals surface area contributed by atoms with Crippen LogP contribution in [-0.2, 0) is 10.8 Å². The van der Waals surface area contributed by atoms with Crippen LogP contribution in [0.25, 0.3) is 61.1 Å². The summed E-state index contributed by atoms with van der Waals surface area (Å²) >= 11 is 0. The van der Waals surface area contributed by atoms with E-state index in [0.717, 1.165) is 28.1 Å². The third-order valence-corrected chi connectivity index (χ3v) is 9.55. The maximum Gasteiger partial charge on any atom is 0.0788 e. The number of nitrogens with zero attached hydrogens (tertiary/aromatic N) is 2. The highest BCUT2D eigenvalue weighted by Gasteiger charge is 2.22. The molecular formula is C45H44N2. The van der Waals surface area contributed by atoms with E-state index in [2.05, 4.69) is 181 Å². The molecule has 0 saturated heterocycles. The van der Waals surface area contributed by atoms with Gasteiger partial charge >= 0.3 is 0 Å². The minimum Gasteiger partial charge on any atom is -0.309 e. The fourth-order valence-electron chi connectivity index (χ4n) is 6.98. The second-order valence-corrected chi connectivity index (χ2v) is 15.1. The predicted octanol–water partition coefficient (Wildman–Crippen LogP) is 12.4. The lowest BCUT2D eigenvalue weighted by Crippen LogP contribution is -2.10. The summed E-state index contributed by atoms with van der Waals surface area (Å²) in [7, 11) is 0. The van der Waals surface area contributed by atoms with E-state index in [1.165, 1.54) is 55.3 Å². The largest absolute Gasteiger partial charge is 0.309 e. The van der Waals surface area contributed by atoms with Crippen LogP contribution in [0.15, 0.2) is 121 Å². The van der Waals surface area contributed by atoms with Gasteiger partial charge in [-0.25, -0.2) is 4.98 Å². The summed E-state index contributed by atoms with van der Waals surface area (Å²) in [6, 6.07) is 44.3. The molecule has 0 amide bonds. The molecule has 0 aliphatic heterocycles. The van der Waals surface area contributed by atoms with E-state index in [-0.39, 0.29) is 10.8 Å². The molecule has 5 aromatic carbocycles. The van der Waals surface area contributed by atoms with Gasteiger partial charge in [0.1, 0.15) is 0 Å². The molecular weight excluding hydrogens is 569 g/mol. The van der Waals surface area contributed by atoms with Gasteiger partial charge in [-0.2, -0.15) is 0 Å². The number of hydrogen-bond donors (Lipinski definition) is 0. The molecule has 2 heteroatoms. The quantitative estimate of drug-likeness (QED) is 0.193. The monoisotopic (exact) mass is 612 g/mol. The highest BCUT2D eigenvalue weighted by molar-refractivity contribution is 6.10. The van der Waals surface area contributed by atoms with Crippen molar-refractivity contribution in [2.75, 3.05) is 0 Å².